The summed E-state index contributed by atoms with van der Waals surface area (Å²) in [6, 6.07) is 25.9. The van der Waals surface area contributed by atoms with Gasteiger partial charge < -0.3 is 10.6 Å². The van der Waals surface area contributed by atoms with Crippen molar-refractivity contribution in [3.63, 3.8) is 0 Å². The average molecular weight is 401 g/mol. The molecule has 1 aliphatic carbocycles. The number of para-hydroxylation sites is 2. The van der Waals surface area contributed by atoms with Gasteiger partial charge in [-0.1, -0.05) is 72.3 Å². The molecule has 0 bridgehead atoms. The van der Waals surface area contributed by atoms with E-state index in [0.717, 1.165) is 22.6 Å². The van der Waals surface area contributed by atoms with Crippen molar-refractivity contribution in [3.8, 4) is 0 Å². The smallest absolute Gasteiger partial charge is 0.145 e. The third kappa shape index (κ3) is 3.43. The van der Waals surface area contributed by atoms with Crippen LogP contribution in [0.15, 0.2) is 90.6 Å². The molecule has 3 aromatic rings. The van der Waals surface area contributed by atoms with Gasteiger partial charge in [0.25, 0.3) is 0 Å². The van der Waals surface area contributed by atoms with Gasteiger partial charge in [-0.15, -0.1) is 0 Å². The molecule has 0 saturated heterocycles. The SMILES string of the molecule is O=C1CC(c2ccccc2)C=C2Nc3ccccc3NC(c3cccc(Cl)c3)C12. The fourth-order valence-electron chi connectivity index (χ4n) is 4.40. The maximum Gasteiger partial charge on any atom is 0.145 e. The molecule has 0 saturated carbocycles. The quantitative estimate of drug-likeness (QED) is 0.540. The molecule has 0 aromatic heterocycles. The minimum atomic E-state index is -0.291. The summed E-state index contributed by atoms with van der Waals surface area (Å²) >= 11 is 6.28. The Morgan fingerprint density at radius 3 is 2.34 bits per heavy atom. The number of hydrogen-bond donors (Lipinski definition) is 2. The number of allylic oxidation sites excluding steroid dienone is 1. The first-order chi connectivity index (χ1) is 14.2. The van der Waals surface area contributed by atoms with Gasteiger partial charge in [0.1, 0.15) is 5.78 Å². The van der Waals surface area contributed by atoms with Crippen LogP contribution < -0.4 is 10.6 Å². The van der Waals surface area contributed by atoms with Crippen LogP contribution in [0.3, 0.4) is 0 Å². The van der Waals surface area contributed by atoms with Gasteiger partial charge in [0.05, 0.1) is 23.3 Å². The van der Waals surface area contributed by atoms with Crippen molar-refractivity contribution in [2.24, 2.45) is 5.92 Å². The molecule has 2 N–H and O–H groups in total. The molecule has 3 atom stereocenters. The molecule has 3 nitrogen and oxygen atoms in total. The van der Waals surface area contributed by atoms with Gasteiger partial charge >= 0.3 is 0 Å². The molecule has 2 aliphatic rings. The summed E-state index contributed by atoms with van der Waals surface area (Å²) in [6.07, 6.45) is 2.72. The van der Waals surface area contributed by atoms with Crippen LogP contribution >= 0.6 is 11.6 Å². The molecule has 3 unspecified atom stereocenters. The van der Waals surface area contributed by atoms with Crippen LogP contribution in [0.4, 0.5) is 11.4 Å². The first kappa shape index (κ1) is 18.0. The number of ketones is 1. The van der Waals surface area contributed by atoms with Crippen molar-refractivity contribution in [1.82, 2.24) is 0 Å². The Labute approximate surface area is 175 Å². The van der Waals surface area contributed by atoms with Gasteiger partial charge in [0.15, 0.2) is 0 Å². The zero-order valence-electron chi connectivity index (χ0n) is 15.8. The molecular formula is C25H21ClN2O. The Balaban J connectivity index is 1.64. The number of fused-ring (bicyclic) bond motifs is 2. The van der Waals surface area contributed by atoms with Crippen molar-refractivity contribution in [2.45, 2.75) is 18.4 Å². The van der Waals surface area contributed by atoms with E-state index in [9.17, 15) is 4.79 Å². The van der Waals surface area contributed by atoms with Crippen LogP contribution in [0, 0.1) is 5.92 Å². The number of hydrogen-bond acceptors (Lipinski definition) is 3. The van der Waals surface area contributed by atoms with E-state index in [0.29, 0.717) is 11.4 Å². The van der Waals surface area contributed by atoms with Crippen LogP contribution in [0.25, 0.3) is 0 Å². The molecule has 29 heavy (non-hydrogen) atoms. The molecular weight excluding hydrogens is 380 g/mol. The molecule has 0 spiro atoms. The first-order valence-electron chi connectivity index (χ1n) is 9.86. The predicted molar refractivity (Wildman–Crippen MR) is 118 cm³/mol. The number of Topliss-reactive ketones (excluding diaryl/α,β-unsaturated/α-hetero) is 1. The summed E-state index contributed by atoms with van der Waals surface area (Å²) < 4.78 is 0. The number of carbonyl (C=O) groups is 1. The molecule has 1 heterocycles. The first-order valence-corrected chi connectivity index (χ1v) is 10.2. The highest BCUT2D eigenvalue weighted by molar-refractivity contribution is 6.30. The van der Waals surface area contributed by atoms with Crippen LogP contribution in [-0.4, -0.2) is 5.78 Å². The second-order valence-corrected chi connectivity index (χ2v) is 8.07. The summed E-state index contributed by atoms with van der Waals surface area (Å²) in [5.74, 6) is 0.0164. The lowest BCUT2D eigenvalue weighted by atomic mass is 9.76. The standard InChI is InChI=1S/C25H21ClN2O/c26-19-10-6-9-17(13-19)25-24-22(27-20-11-4-5-12-21(20)28-25)14-18(15-23(24)29)16-7-2-1-3-8-16/h1-14,18,24-25,27-28H,15H2. The van der Waals surface area contributed by atoms with Crippen LogP contribution in [0.2, 0.25) is 5.02 Å². The maximum atomic E-state index is 13.4. The lowest BCUT2D eigenvalue weighted by Gasteiger charge is -2.32. The molecule has 0 fully saturated rings. The van der Waals surface area contributed by atoms with E-state index >= 15 is 0 Å². The summed E-state index contributed by atoms with van der Waals surface area (Å²) in [4.78, 5) is 13.4. The second-order valence-electron chi connectivity index (χ2n) is 7.63. The Morgan fingerprint density at radius 1 is 0.828 bits per heavy atom. The Morgan fingerprint density at radius 2 is 1.55 bits per heavy atom. The molecule has 0 amide bonds. The molecule has 3 aromatic carbocycles. The third-order valence-electron chi connectivity index (χ3n) is 5.77. The van der Waals surface area contributed by atoms with Gasteiger partial charge in [-0.2, -0.15) is 0 Å². The minimum Gasteiger partial charge on any atom is -0.375 e. The number of nitrogens with one attached hydrogen (secondary N) is 2. The van der Waals surface area contributed by atoms with E-state index in [1.165, 1.54) is 5.56 Å². The van der Waals surface area contributed by atoms with E-state index < -0.39 is 0 Å². The van der Waals surface area contributed by atoms with E-state index in [-0.39, 0.29) is 23.7 Å². The van der Waals surface area contributed by atoms with Crippen LogP contribution in [0.1, 0.15) is 29.5 Å². The van der Waals surface area contributed by atoms with Gasteiger partial charge in [0, 0.05) is 23.1 Å². The lowest BCUT2D eigenvalue weighted by Crippen LogP contribution is -2.33. The van der Waals surface area contributed by atoms with E-state index in [1.807, 2.05) is 66.7 Å². The monoisotopic (exact) mass is 400 g/mol. The van der Waals surface area contributed by atoms with Gasteiger partial charge in [-0.05, 0) is 35.4 Å². The minimum absolute atomic E-state index is 0.0766. The van der Waals surface area contributed by atoms with Crippen LogP contribution in [0.5, 0.6) is 0 Å². The third-order valence-corrected chi connectivity index (χ3v) is 6.00. The molecule has 4 heteroatoms. The molecule has 1 aliphatic heterocycles. The summed E-state index contributed by atoms with van der Waals surface area (Å²) in [7, 11) is 0. The number of rotatable bonds is 2. The van der Waals surface area contributed by atoms with Crippen molar-refractivity contribution in [3.05, 3.63) is 107 Å². The molecule has 0 radical (unpaired) electrons. The van der Waals surface area contributed by atoms with E-state index in [1.54, 1.807) is 0 Å². The van der Waals surface area contributed by atoms with E-state index in [2.05, 4.69) is 28.8 Å². The number of halogens is 1. The topological polar surface area (TPSA) is 41.1 Å². The van der Waals surface area contributed by atoms with Crippen molar-refractivity contribution in [2.75, 3.05) is 10.6 Å². The summed E-state index contributed by atoms with van der Waals surface area (Å²) in [6.45, 7) is 0. The van der Waals surface area contributed by atoms with Crippen molar-refractivity contribution in [1.29, 1.82) is 0 Å². The summed E-state index contributed by atoms with van der Waals surface area (Å²) in [5.41, 5.74) is 5.10. The number of carbonyl (C=O) groups excluding carboxylic acids is 1. The highest BCUT2D eigenvalue weighted by atomic mass is 35.5. The second kappa shape index (κ2) is 7.41. The zero-order valence-corrected chi connectivity index (χ0v) is 16.6. The largest absolute Gasteiger partial charge is 0.375 e. The Kier molecular flexibility index (Phi) is 4.61. The molecule has 144 valence electrons. The lowest BCUT2D eigenvalue weighted by molar-refractivity contribution is -0.122. The maximum absolute atomic E-state index is 13.4. The highest BCUT2D eigenvalue weighted by Crippen LogP contribution is 2.44. The zero-order chi connectivity index (χ0) is 19.8. The average Bonchev–Trinajstić information content (AvgIpc) is 2.91. The molecule has 5 rings (SSSR count). The fourth-order valence-corrected chi connectivity index (χ4v) is 4.59. The van der Waals surface area contributed by atoms with Gasteiger partial charge in [0.2, 0.25) is 0 Å². The van der Waals surface area contributed by atoms with Crippen molar-refractivity contribution >= 4 is 28.8 Å². The normalized spacial score (nSPS) is 23.0. The number of anilines is 2. The fraction of sp³-hybridized carbons (Fsp3) is 0.160. The number of benzene rings is 3. The Hall–Kier alpha value is -3.04. The Bertz CT molecular complexity index is 1090. The van der Waals surface area contributed by atoms with Gasteiger partial charge in [-0.25, -0.2) is 0 Å². The van der Waals surface area contributed by atoms with Crippen molar-refractivity contribution < 1.29 is 4.79 Å². The van der Waals surface area contributed by atoms with Gasteiger partial charge in [-0.3, -0.25) is 4.79 Å². The van der Waals surface area contributed by atoms with E-state index in [4.69, 9.17) is 11.6 Å². The highest BCUT2D eigenvalue weighted by Gasteiger charge is 2.39. The predicted octanol–water partition coefficient (Wildman–Crippen LogP) is 6.18. The van der Waals surface area contributed by atoms with Crippen LogP contribution in [-0.2, 0) is 4.79 Å². The summed E-state index contributed by atoms with van der Waals surface area (Å²) in [5, 5.41) is 7.83.